The minimum atomic E-state index is -0.555. The van der Waals surface area contributed by atoms with Crippen LogP contribution in [-0.2, 0) is 0 Å². The lowest BCUT2D eigenvalue weighted by Crippen LogP contribution is -2.42. The molecule has 1 heterocycles. The number of hydrogen-bond donors (Lipinski definition) is 2. The second kappa shape index (κ2) is 5.82. The average Bonchev–Trinajstić information content (AvgIpc) is 2.39. The molecule has 0 unspecified atom stereocenters. The molecule has 5 heteroatoms. The van der Waals surface area contributed by atoms with E-state index in [4.69, 9.17) is 4.74 Å². The van der Waals surface area contributed by atoms with Crippen molar-refractivity contribution in [2.24, 2.45) is 0 Å². The van der Waals surface area contributed by atoms with Gasteiger partial charge in [-0.3, -0.25) is 4.79 Å². The van der Waals surface area contributed by atoms with E-state index in [2.05, 4.69) is 10.6 Å². The number of carbonyl (C=O) groups excluding carboxylic acids is 1. The van der Waals surface area contributed by atoms with E-state index in [1.165, 1.54) is 19.2 Å². The van der Waals surface area contributed by atoms with Crippen molar-refractivity contribution < 1.29 is 13.9 Å². The van der Waals surface area contributed by atoms with Crippen LogP contribution in [0.2, 0.25) is 0 Å². The molecule has 0 aromatic heterocycles. The Bertz CT molecular complexity index is 431. The molecule has 1 aromatic rings. The third kappa shape index (κ3) is 2.98. The number of benzene rings is 1. The van der Waals surface area contributed by atoms with Crippen molar-refractivity contribution >= 4 is 5.91 Å². The van der Waals surface area contributed by atoms with Crippen molar-refractivity contribution in [1.82, 2.24) is 10.6 Å². The zero-order chi connectivity index (χ0) is 13.0. The quantitative estimate of drug-likeness (QED) is 0.853. The Morgan fingerprint density at radius 2 is 2.17 bits per heavy atom. The summed E-state index contributed by atoms with van der Waals surface area (Å²) in [5.74, 6) is -0.506. The Morgan fingerprint density at radius 3 is 2.78 bits per heavy atom. The van der Waals surface area contributed by atoms with E-state index in [1.807, 2.05) is 0 Å². The molecule has 1 aromatic carbocycles. The molecule has 1 aliphatic heterocycles. The first-order chi connectivity index (χ1) is 8.70. The van der Waals surface area contributed by atoms with Crippen LogP contribution in [0.3, 0.4) is 0 Å². The lowest BCUT2D eigenvalue weighted by molar-refractivity contribution is 0.0925. The topological polar surface area (TPSA) is 50.4 Å². The number of rotatable bonds is 3. The van der Waals surface area contributed by atoms with Crippen LogP contribution in [-0.4, -0.2) is 32.1 Å². The lowest BCUT2D eigenvalue weighted by atomic mass is 10.1. The van der Waals surface area contributed by atoms with Crippen molar-refractivity contribution in [3.05, 3.63) is 29.6 Å². The number of halogens is 1. The van der Waals surface area contributed by atoms with Gasteiger partial charge in [0.1, 0.15) is 11.6 Å². The minimum Gasteiger partial charge on any atom is -0.497 e. The van der Waals surface area contributed by atoms with Crippen molar-refractivity contribution in [3.8, 4) is 5.75 Å². The molecule has 0 spiro atoms. The fourth-order valence-electron chi connectivity index (χ4n) is 2.04. The summed E-state index contributed by atoms with van der Waals surface area (Å²) in [5.41, 5.74) is 0.0642. The molecule has 1 fully saturated rings. The van der Waals surface area contributed by atoms with Crippen molar-refractivity contribution in [1.29, 1.82) is 0 Å². The molecule has 0 bridgehead atoms. The molecular formula is C13H17FN2O2. The number of hydrogen-bond acceptors (Lipinski definition) is 3. The van der Waals surface area contributed by atoms with Crippen LogP contribution in [0, 0.1) is 5.82 Å². The zero-order valence-electron chi connectivity index (χ0n) is 10.3. The van der Waals surface area contributed by atoms with Gasteiger partial charge in [0.25, 0.3) is 5.91 Å². The van der Waals surface area contributed by atoms with Gasteiger partial charge in [-0.15, -0.1) is 0 Å². The molecule has 0 radical (unpaired) electrons. The molecule has 2 N–H and O–H groups in total. The van der Waals surface area contributed by atoms with Crippen LogP contribution in [0.4, 0.5) is 4.39 Å². The van der Waals surface area contributed by atoms with Gasteiger partial charge < -0.3 is 15.4 Å². The van der Waals surface area contributed by atoms with Gasteiger partial charge in [0.15, 0.2) is 0 Å². The monoisotopic (exact) mass is 252 g/mol. The summed E-state index contributed by atoms with van der Waals surface area (Å²) in [5, 5.41) is 6.07. The van der Waals surface area contributed by atoms with Gasteiger partial charge in [0, 0.05) is 12.1 Å². The number of amides is 1. The SMILES string of the molecule is COc1ccc(C(=O)NC2CCNCC2)c(F)c1. The van der Waals surface area contributed by atoms with Crippen molar-refractivity contribution in [3.63, 3.8) is 0 Å². The molecule has 0 saturated carbocycles. The standard InChI is InChI=1S/C13H17FN2O2/c1-18-10-2-3-11(12(14)8-10)13(17)16-9-4-6-15-7-5-9/h2-3,8-9,15H,4-7H2,1H3,(H,16,17). The van der Waals surface area contributed by atoms with E-state index in [1.54, 1.807) is 6.07 Å². The second-order valence-electron chi connectivity index (χ2n) is 4.34. The summed E-state index contributed by atoms with van der Waals surface area (Å²) in [6, 6.07) is 4.38. The van der Waals surface area contributed by atoms with Crippen LogP contribution >= 0.6 is 0 Å². The van der Waals surface area contributed by atoms with Crippen LogP contribution < -0.4 is 15.4 Å². The molecule has 18 heavy (non-hydrogen) atoms. The second-order valence-corrected chi connectivity index (χ2v) is 4.34. The number of piperidine rings is 1. The smallest absolute Gasteiger partial charge is 0.254 e. The van der Waals surface area contributed by atoms with Gasteiger partial charge in [-0.2, -0.15) is 0 Å². The largest absolute Gasteiger partial charge is 0.497 e. The highest BCUT2D eigenvalue weighted by Crippen LogP contribution is 2.16. The maximum Gasteiger partial charge on any atom is 0.254 e. The van der Waals surface area contributed by atoms with Crippen LogP contribution in [0.25, 0.3) is 0 Å². The molecule has 1 aliphatic rings. The first-order valence-corrected chi connectivity index (χ1v) is 6.06. The zero-order valence-corrected chi connectivity index (χ0v) is 10.3. The summed E-state index contributed by atoms with van der Waals surface area (Å²) in [6.07, 6.45) is 1.76. The molecule has 1 amide bonds. The van der Waals surface area contributed by atoms with Crippen LogP contribution in [0.15, 0.2) is 18.2 Å². The average molecular weight is 252 g/mol. The Labute approximate surface area is 106 Å². The summed E-state index contributed by atoms with van der Waals surface area (Å²) in [6.45, 7) is 1.77. The highest BCUT2D eigenvalue weighted by molar-refractivity contribution is 5.94. The van der Waals surface area contributed by atoms with E-state index in [0.29, 0.717) is 5.75 Å². The lowest BCUT2D eigenvalue weighted by Gasteiger charge is -2.23. The van der Waals surface area contributed by atoms with E-state index < -0.39 is 5.82 Å². The van der Waals surface area contributed by atoms with E-state index in [-0.39, 0.29) is 17.5 Å². The Hall–Kier alpha value is -1.62. The Kier molecular flexibility index (Phi) is 4.15. The van der Waals surface area contributed by atoms with Gasteiger partial charge in [-0.25, -0.2) is 4.39 Å². The highest BCUT2D eigenvalue weighted by Gasteiger charge is 2.18. The summed E-state index contributed by atoms with van der Waals surface area (Å²) in [7, 11) is 1.46. The van der Waals surface area contributed by atoms with E-state index in [0.717, 1.165) is 25.9 Å². The minimum absolute atomic E-state index is 0.0642. The molecule has 0 aliphatic carbocycles. The predicted molar refractivity (Wildman–Crippen MR) is 66.3 cm³/mol. The molecule has 0 atom stereocenters. The number of ether oxygens (including phenoxy) is 1. The van der Waals surface area contributed by atoms with Crippen molar-refractivity contribution in [2.45, 2.75) is 18.9 Å². The third-order valence-electron chi connectivity index (χ3n) is 3.10. The Morgan fingerprint density at radius 1 is 1.44 bits per heavy atom. The summed E-state index contributed by atoms with van der Waals surface area (Å²) < 4.78 is 18.6. The normalized spacial score (nSPS) is 16.3. The fourth-order valence-corrected chi connectivity index (χ4v) is 2.04. The maximum atomic E-state index is 13.7. The first-order valence-electron chi connectivity index (χ1n) is 6.06. The van der Waals surface area contributed by atoms with Gasteiger partial charge in [0.05, 0.1) is 12.7 Å². The van der Waals surface area contributed by atoms with Gasteiger partial charge in [-0.05, 0) is 38.1 Å². The van der Waals surface area contributed by atoms with Gasteiger partial charge >= 0.3 is 0 Å². The summed E-state index contributed by atoms with van der Waals surface area (Å²) >= 11 is 0. The molecular weight excluding hydrogens is 235 g/mol. The van der Waals surface area contributed by atoms with Crippen LogP contribution in [0.5, 0.6) is 5.75 Å². The van der Waals surface area contributed by atoms with Crippen LogP contribution in [0.1, 0.15) is 23.2 Å². The molecule has 2 rings (SSSR count). The summed E-state index contributed by atoms with van der Waals surface area (Å²) in [4.78, 5) is 11.9. The number of methoxy groups -OCH3 is 1. The molecule has 4 nitrogen and oxygen atoms in total. The maximum absolute atomic E-state index is 13.7. The predicted octanol–water partition coefficient (Wildman–Crippen LogP) is 1.32. The highest BCUT2D eigenvalue weighted by atomic mass is 19.1. The van der Waals surface area contributed by atoms with E-state index >= 15 is 0 Å². The van der Waals surface area contributed by atoms with E-state index in [9.17, 15) is 9.18 Å². The number of nitrogens with one attached hydrogen (secondary N) is 2. The van der Waals surface area contributed by atoms with Gasteiger partial charge in [-0.1, -0.05) is 0 Å². The first kappa shape index (κ1) is 12.8. The van der Waals surface area contributed by atoms with Gasteiger partial charge in [0.2, 0.25) is 0 Å². The number of carbonyl (C=O) groups is 1. The molecule has 1 saturated heterocycles. The molecule has 98 valence electrons. The Balaban J connectivity index is 2.03. The third-order valence-corrected chi connectivity index (χ3v) is 3.10. The van der Waals surface area contributed by atoms with Crippen molar-refractivity contribution in [2.75, 3.05) is 20.2 Å². The fraction of sp³-hybridized carbons (Fsp3) is 0.462.